The van der Waals surface area contributed by atoms with Crippen molar-refractivity contribution in [3.8, 4) is 0 Å². The second kappa shape index (κ2) is 6.53. The molecule has 0 radical (unpaired) electrons. The van der Waals surface area contributed by atoms with Gasteiger partial charge in [0.1, 0.15) is 12.2 Å². The summed E-state index contributed by atoms with van der Waals surface area (Å²) in [6.45, 7) is 1.69. The molecule has 0 atom stereocenters. The zero-order valence-electron chi connectivity index (χ0n) is 11.9. The highest BCUT2D eigenvalue weighted by molar-refractivity contribution is 7.90. The number of nitro groups is 1. The standard InChI is InChI=1S/C12H16N2O6S/c1-4-20-12(15)8-13(2)10-6-5-9(21(3,18)19)7-11(10)14(16)17/h5-7H,4,8H2,1-3H3. The summed E-state index contributed by atoms with van der Waals surface area (Å²) in [6, 6.07) is 3.54. The monoisotopic (exact) mass is 316 g/mol. The first-order valence-electron chi connectivity index (χ1n) is 6.02. The Morgan fingerprint density at radius 2 is 2.05 bits per heavy atom. The van der Waals surface area contributed by atoms with Crippen molar-refractivity contribution in [3.63, 3.8) is 0 Å². The Bertz CT molecular complexity index is 656. The van der Waals surface area contributed by atoms with E-state index in [1.165, 1.54) is 24.1 Å². The highest BCUT2D eigenvalue weighted by Crippen LogP contribution is 2.30. The lowest BCUT2D eigenvalue weighted by Crippen LogP contribution is -2.27. The number of nitrogens with zero attached hydrogens (tertiary/aromatic N) is 2. The molecule has 8 nitrogen and oxygen atoms in total. The summed E-state index contributed by atoms with van der Waals surface area (Å²) in [4.78, 5) is 23.0. The molecule has 0 N–H and O–H groups in total. The molecule has 0 aliphatic carbocycles. The number of carbonyl (C=O) groups is 1. The van der Waals surface area contributed by atoms with Crippen molar-refractivity contribution >= 4 is 27.2 Å². The number of nitro benzene ring substituents is 1. The van der Waals surface area contributed by atoms with E-state index < -0.39 is 20.7 Å². The van der Waals surface area contributed by atoms with Crippen LogP contribution in [0.2, 0.25) is 0 Å². The Morgan fingerprint density at radius 3 is 2.52 bits per heavy atom. The van der Waals surface area contributed by atoms with Crippen LogP contribution >= 0.6 is 0 Å². The summed E-state index contributed by atoms with van der Waals surface area (Å²) in [6.07, 6.45) is 0.966. The van der Waals surface area contributed by atoms with Gasteiger partial charge >= 0.3 is 5.97 Å². The lowest BCUT2D eigenvalue weighted by Gasteiger charge is -2.18. The van der Waals surface area contributed by atoms with Gasteiger partial charge in [0.15, 0.2) is 9.84 Å². The molecule has 1 aromatic carbocycles. The Labute approximate surface area is 122 Å². The number of anilines is 1. The normalized spacial score (nSPS) is 11.0. The molecule has 1 aromatic rings. The van der Waals surface area contributed by atoms with Gasteiger partial charge in [-0.1, -0.05) is 0 Å². The molecule has 0 amide bonds. The van der Waals surface area contributed by atoms with Crippen LogP contribution in [0.15, 0.2) is 23.1 Å². The van der Waals surface area contributed by atoms with Crippen molar-refractivity contribution in [3.05, 3.63) is 28.3 Å². The van der Waals surface area contributed by atoms with Gasteiger partial charge in [0, 0.05) is 19.4 Å². The van der Waals surface area contributed by atoms with E-state index >= 15 is 0 Å². The fourth-order valence-corrected chi connectivity index (χ4v) is 2.33. The second-order valence-electron chi connectivity index (χ2n) is 4.34. The number of benzene rings is 1. The van der Waals surface area contributed by atoms with Crippen LogP contribution in [-0.2, 0) is 19.4 Å². The summed E-state index contributed by atoms with van der Waals surface area (Å²) in [5.41, 5.74) is -0.245. The van der Waals surface area contributed by atoms with E-state index in [4.69, 9.17) is 4.74 Å². The fourth-order valence-electron chi connectivity index (χ4n) is 1.69. The number of hydrogen-bond donors (Lipinski definition) is 0. The minimum Gasteiger partial charge on any atom is -0.465 e. The number of esters is 1. The van der Waals surface area contributed by atoms with Crippen LogP contribution in [0.5, 0.6) is 0 Å². The van der Waals surface area contributed by atoms with Crippen LogP contribution in [0.3, 0.4) is 0 Å². The van der Waals surface area contributed by atoms with Crippen molar-refractivity contribution in [1.82, 2.24) is 0 Å². The highest BCUT2D eigenvalue weighted by atomic mass is 32.2. The zero-order chi connectivity index (χ0) is 16.2. The molecule has 116 valence electrons. The summed E-state index contributed by atoms with van der Waals surface area (Å²) >= 11 is 0. The molecular weight excluding hydrogens is 300 g/mol. The Balaban J connectivity index is 3.18. The molecule has 0 aromatic heterocycles. The minimum absolute atomic E-state index is 0.139. The van der Waals surface area contributed by atoms with Crippen molar-refractivity contribution in [2.75, 3.05) is 31.4 Å². The van der Waals surface area contributed by atoms with Crippen LogP contribution in [0, 0.1) is 10.1 Å². The number of carbonyl (C=O) groups excluding carboxylic acids is 1. The van der Waals surface area contributed by atoms with Gasteiger partial charge < -0.3 is 9.64 Å². The van der Waals surface area contributed by atoms with Crippen molar-refractivity contribution in [2.45, 2.75) is 11.8 Å². The molecule has 1 rings (SSSR count). The van der Waals surface area contributed by atoms with E-state index in [2.05, 4.69) is 0 Å². The smallest absolute Gasteiger partial charge is 0.325 e. The SMILES string of the molecule is CCOC(=O)CN(C)c1ccc(S(C)(=O)=O)cc1[N+](=O)[O-]. The maximum Gasteiger partial charge on any atom is 0.325 e. The molecule has 0 unspecified atom stereocenters. The van der Waals surface area contributed by atoms with Crippen LogP contribution in [-0.4, -0.2) is 45.8 Å². The molecule has 0 saturated carbocycles. The second-order valence-corrected chi connectivity index (χ2v) is 6.36. The minimum atomic E-state index is -3.55. The molecular formula is C12H16N2O6S. The van der Waals surface area contributed by atoms with Gasteiger partial charge in [-0.25, -0.2) is 8.42 Å². The first-order chi connectivity index (χ1) is 9.66. The molecule has 0 aliphatic heterocycles. The summed E-state index contributed by atoms with van der Waals surface area (Å²) in [5, 5.41) is 11.1. The van der Waals surface area contributed by atoms with E-state index in [1.807, 2.05) is 0 Å². The number of hydrogen-bond acceptors (Lipinski definition) is 7. The number of ether oxygens (including phenoxy) is 1. The first-order valence-corrected chi connectivity index (χ1v) is 7.91. The maximum atomic E-state index is 11.4. The van der Waals surface area contributed by atoms with E-state index in [1.54, 1.807) is 6.92 Å². The number of sulfone groups is 1. The predicted octanol–water partition coefficient (Wildman–Crippen LogP) is 0.998. The van der Waals surface area contributed by atoms with Gasteiger partial charge in [0.05, 0.1) is 16.4 Å². The third-order valence-electron chi connectivity index (χ3n) is 2.65. The number of likely N-dealkylation sites (N-methyl/N-ethyl adjacent to an activating group) is 1. The van der Waals surface area contributed by atoms with Gasteiger partial charge in [-0.3, -0.25) is 14.9 Å². The van der Waals surface area contributed by atoms with Gasteiger partial charge in [0.2, 0.25) is 0 Å². The van der Waals surface area contributed by atoms with Gasteiger partial charge in [-0.15, -0.1) is 0 Å². The van der Waals surface area contributed by atoms with Gasteiger partial charge in [0.25, 0.3) is 5.69 Å². The molecule has 0 spiro atoms. The maximum absolute atomic E-state index is 11.4. The molecule has 21 heavy (non-hydrogen) atoms. The third kappa shape index (κ3) is 4.42. The largest absolute Gasteiger partial charge is 0.465 e. The molecule has 0 saturated heterocycles. The van der Waals surface area contributed by atoms with E-state index in [0.29, 0.717) is 0 Å². The van der Waals surface area contributed by atoms with Crippen LogP contribution < -0.4 is 4.90 Å². The molecule has 0 aliphatic rings. The van der Waals surface area contributed by atoms with Crippen LogP contribution in [0.1, 0.15) is 6.92 Å². The highest BCUT2D eigenvalue weighted by Gasteiger charge is 2.22. The van der Waals surface area contributed by atoms with E-state index in [9.17, 15) is 23.3 Å². The molecule has 0 heterocycles. The number of rotatable bonds is 6. The predicted molar refractivity (Wildman–Crippen MR) is 76.1 cm³/mol. The van der Waals surface area contributed by atoms with Crippen molar-refractivity contribution < 1.29 is 22.9 Å². The van der Waals surface area contributed by atoms with Gasteiger partial charge in [-0.05, 0) is 19.1 Å². The Hall–Kier alpha value is -2.16. The van der Waals surface area contributed by atoms with E-state index in [-0.39, 0.29) is 29.4 Å². The van der Waals surface area contributed by atoms with E-state index in [0.717, 1.165) is 12.3 Å². The van der Waals surface area contributed by atoms with Crippen LogP contribution in [0.4, 0.5) is 11.4 Å². The molecule has 0 bridgehead atoms. The lowest BCUT2D eigenvalue weighted by atomic mass is 10.2. The average Bonchev–Trinajstić information content (AvgIpc) is 2.36. The topological polar surface area (TPSA) is 107 Å². The summed E-state index contributed by atoms with van der Waals surface area (Å²) in [5.74, 6) is -0.526. The summed E-state index contributed by atoms with van der Waals surface area (Å²) in [7, 11) is -2.06. The zero-order valence-corrected chi connectivity index (χ0v) is 12.7. The Morgan fingerprint density at radius 1 is 1.43 bits per heavy atom. The Kier molecular flexibility index (Phi) is 5.25. The van der Waals surface area contributed by atoms with Crippen molar-refractivity contribution in [1.29, 1.82) is 0 Å². The van der Waals surface area contributed by atoms with Crippen LogP contribution in [0.25, 0.3) is 0 Å². The molecule has 9 heteroatoms. The fraction of sp³-hybridized carbons (Fsp3) is 0.417. The summed E-state index contributed by atoms with van der Waals surface area (Å²) < 4.78 is 27.6. The van der Waals surface area contributed by atoms with Gasteiger partial charge in [-0.2, -0.15) is 0 Å². The lowest BCUT2D eigenvalue weighted by molar-refractivity contribution is -0.384. The quantitative estimate of drug-likeness (QED) is 0.437. The third-order valence-corrected chi connectivity index (χ3v) is 3.76. The first kappa shape index (κ1) is 16.9. The van der Waals surface area contributed by atoms with Crippen molar-refractivity contribution in [2.24, 2.45) is 0 Å². The molecule has 0 fully saturated rings. The average molecular weight is 316 g/mol.